The third-order valence-electron chi connectivity index (χ3n) is 4.26. The van der Waals surface area contributed by atoms with Gasteiger partial charge in [0.1, 0.15) is 5.75 Å². The van der Waals surface area contributed by atoms with Crippen molar-refractivity contribution in [3.05, 3.63) is 83.9 Å². The van der Waals surface area contributed by atoms with E-state index in [-0.39, 0.29) is 24.2 Å². The lowest BCUT2D eigenvalue weighted by Crippen LogP contribution is -2.20. The first-order valence-electron chi connectivity index (χ1n) is 9.57. The number of anilines is 2. The van der Waals surface area contributed by atoms with E-state index >= 15 is 0 Å². The van der Waals surface area contributed by atoms with Crippen LogP contribution >= 0.6 is 11.8 Å². The van der Waals surface area contributed by atoms with Crippen LogP contribution in [0.1, 0.15) is 11.1 Å². The van der Waals surface area contributed by atoms with Gasteiger partial charge in [0.25, 0.3) is 5.91 Å². The summed E-state index contributed by atoms with van der Waals surface area (Å²) < 4.78 is 5.45. The molecule has 0 aliphatic heterocycles. The van der Waals surface area contributed by atoms with Crippen molar-refractivity contribution in [2.75, 3.05) is 23.0 Å². The van der Waals surface area contributed by atoms with Gasteiger partial charge >= 0.3 is 0 Å². The zero-order chi connectivity index (χ0) is 21.3. The predicted octanol–water partition coefficient (Wildman–Crippen LogP) is 5.05. The Hall–Kier alpha value is -3.25. The van der Waals surface area contributed by atoms with Crippen molar-refractivity contribution < 1.29 is 14.3 Å². The number of carbonyl (C=O) groups is 2. The van der Waals surface area contributed by atoms with E-state index in [1.807, 2.05) is 68.4 Å². The number of benzene rings is 3. The Labute approximate surface area is 180 Å². The molecular weight excluding hydrogens is 396 g/mol. The van der Waals surface area contributed by atoms with Gasteiger partial charge in [0.2, 0.25) is 5.91 Å². The first-order valence-corrected chi connectivity index (χ1v) is 10.6. The van der Waals surface area contributed by atoms with E-state index in [4.69, 9.17) is 4.74 Å². The second-order valence-electron chi connectivity index (χ2n) is 6.83. The number of hydrogen-bond acceptors (Lipinski definition) is 4. The Kier molecular flexibility index (Phi) is 7.51. The fourth-order valence-electron chi connectivity index (χ4n) is 2.82. The Balaban J connectivity index is 1.48. The van der Waals surface area contributed by atoms with Gasteiger partial charge in [-0.2, -0.15) is 0 Å². The number of hydrogen-bond donors (Lipinski definition) is 2. The Morgan fingerprint density at radius 3 is 2.43 bits per heavy atom. The average molecular weight is 421 g/mol. The van der Waals surface area contributed by atoms with Gasteiger partial charge in [0.15, 0.2) is 6.61 Å². The van der Waals surface area contributed by atoms with Gasteiger partial charge in [0.05, 0.1) is 5.75 Å². The standard InChI is InChI=1S/C24H24N2O3S/c1-17-11-12-22(18(2)13-17)26-24(28)16-30-21-10-6-7-19(14-21)25-23(27)15-29-20-8-4-3-5-9-20/h3-14H,15-16H2,1-2H3,(H,25,27)(H,26,28). The highest BCUT2D eigenvalue weighted by atomic mass is 32.2. The fraction of sp³-hybridized carbons (Fsp3) is 0.167. The molecule has 2 amide bonds. The molecule has 3 aromatic rings. The van der Waals surface area contributed by atoms with Crippen molar-refractivity contribution in [2.24, 2.45) is 0 Å². The van der Waals surface area contributed by atoms with E-state index in [1.165, 1.54) is 11.8 Å². The van der Waals surface area contributed by atoms with Crippen LogP contribution < -0.4 is 15.4 Å². The molecule has 0 unspecified atom stereocenters. The third-order valence-corrected chi connectivity index (χ3v) is 5.25. The molecular formula is C24H24N2O3S. The van der Waals surface area contributed by atoms with Crippen molar-refractivity contribution in [3.8, 4) is 5.75 Å². The highest BCUT2D eigenvalue weighted by Gasteiger charge is 2.08. The predicted molar refractivity (Wildman–Crippen MR) is 122 cm³/mol. The molecule has 0 saturated heterocycles. The molecule has 6 heteroatoms. The average Bonchev–Trinajstić information content (AvgIpc) is 2.74. The number of ether oxygens (including phenoxy) is 1. The molecule has 0 fully saturated rings. The molecule has 30 heavy (non-hydrogen) atoms. The minimum absolute atomic E-state index is 0.0698. The van der Waals surface area contributed by atoms with E-state index < -0.39 is 0 Å². The van der Waals surface area contributed by atoms with Crippen LogP contribution in [-0.2, 0) is 9.59 Å². The third kappa shape index (κ3) is 6.67. The van der Waals surface area contributed by atoms with Gasteiger partial charge in [-0.25, -0.2) is 0 Å². The van der Waals surface area contributed by atoms with Gasteiger partial charge in [-0.15, -0.1) is 11.8 Å². The maximum absolute atomic E-state index is 12.3. The quantitative estimate of drug-likeness (QED) is 0.500. The van der Waals surface area contributed by atoms with Crippen molar-refractivity contribution >= 4 is 35.0 Å². The molecule has 3 rings (SSSR count). The summed E-state index contributed by atoms with van der Waals surface area (Å²) in [6.45, 7) is 3.93. The van der Waals surface area contributed by atoms with Crippen molar-refractivity contribution in [3.63, 3.8) is 0 Å². The lowest BCUT2D eigenvalue weighted by molar-refractivity contribution is -0.118. The van der Waals surface area contributed by atoms with Crippen LogP contribution in [0.4, 0.5) is 11.4 Å². The number of rotatable bonds is 8. The van der Waals surface area contributed by atoms with E-state index in [0.717, 1.165) is 21.7 Å². The van der Waals surface area contributed by atoms with Crippen LogP contribution in [-0.4, -0.2) is 24.2 Å². The van der Waals surface area contributed by atoms with Gasteiger partial charge in [-0.1, -0.05) is 42.0 Å². The van der Waals surface area contributed by atoms with Crippen LogP contribution in [0.15, 0.2) is 77.7 Å². The van der Waals surface area contributed by atoms with E-state index in [9.17, 15) is 9.59 Å². The van der Waals surface area contributed by atoms with Crippen molar-refractivity contribution in [2.45, 2.75) is 18.7 Å². The molecule has 3 aromatic carbocycles. The Morgan fingerprint density at radius 2 is 1.67 bits per heavy atom. The highest BCUT2D eigenvalue weighted by molar-refractivity contribution is 8.00. The van der Waals surface area contributed by atoms with Crippen LogP contribution in [0.5, 0.6) is 5.75 Å². The molecule has 5 nitrogen and oxygen atoms in total. The van der Waals surface area contributed by atoms with Crippen LogP contribution in [0.3, 0.4) is 0 Å². The molecule has 0 atom stereocenters. The molecule has 0 radical (unpaired) electrons. The number of nitrogens with one attached hydrogen (secondary N) is 2. The monoisotopic (exact) mass is 420 g/mol. The molecule has 0 aliphatic rings. The first kappa shape index (κ1) is 21.5. The number of amides is 2. The second kappa shape index (κ2) is 10.5. The number of carbonyl (C=O) groups excluding carboxylic acids is 2. The molecule has 0 aromatic heterocycles. The van der Waals surface area contributed by atoms with Gasteiger partial charge in [0, 0.05) is 16.3 Å². The van der Waals surface area contributed by atoms with E-state index in [2.05, 4.69) is 10.6 Å². The Bertz CT molecular complexity index is 1020. The summed E-state index contributed by atoms with van der Waals surface area (Å²) in [5.41, 5.74) is 3.69. The molecule has 2 N–H and O–H groups in total. The SMILES string of the molecule is Cc1ccc(NC(=O)CSc2cccc(NC(=O)COc3ccccc3)c2)c(C)c1. The zero-order valence-electron chi connectivity index (χ0n) is 17.0. The Morgan fingerprint density at radius 1 is 0.867 bits per heavy atom. The van der Waals surface area contributed by atoms with Crippen molar-refractivity contribution in [1.82, 2.24) is 0 Å². The normalized spacial score (nSPS) is 10.3. The first-order chi connectivity index (χ1) is 14.5. The summed E-state index contributed by atoms with van der Waals surface area (Å²) in [7, 11) is 0. The number of para-hydroxylation sites is 1. The zero-order valence-corrected chi connectivity index (χ0v) is 17.8. The lowest BCUT2D eigenvalue weighted by atomic mass is 10.1. The van der Waals surface area contributed by atoms with Crippen LogP contribution in [0, 0.1) is 13.8 Å². The maximum Gasteiger partial charge on any atom is 0.262 e. The minimum atomic E-state index is -0.242. The molecule has 0 bridgehead atoms. The summed E-state index contributed by atoms with van der Waals surface area (Å²) in [5, 5.41) is 5.76. The number of thioether (sulfide) groups is 1. The topological polar surface area (TPSA) is 67.4 Å². The summed E-state index contributed by atoms with van der Waals surface area (Å²) in [6.07, 6.45) is 0. The summed E-state index contributed by atoms with van der Waals surface area (Å²) in [4.78, 5) is 25.3. The summed E-state index contributed by atoms with van der Waals surface area (Å²) in [5.74, 6) is 0.611. The maximum atomic E-state index is 12.3. The van der Waals surface area contributed by atoms with Crippen LogP contribution in [0.2, 0.25) is 0 Å². The van der Waals surface area contributed by atoms with Gasteiger partial charge in [-0.05, 0) is 55.8 Å². The fourth-order valence-corrected chi connectivity index (χ4v) is 3.57. The van der Waals surface area contributed by atoms with Crippen molar-refractivity contribution in [1.29, 1.82) is 0 Å². The molecule has 0 saturated carbocycles. The molecule has 0 spiro atoms. The second-order valence-corrected chi connectivity index (χ2v) is 7.88. The van der Waals surface area contributed by atoms with Crippen LogP contribution in [0.25, 0.3) is 0 Å². The van der Waals surface area contributed by atoms with E-state index in [1.54, 1.807) is 18.2 Å². The minimum Gasteiger partial charge on any atom is -0.484 e. The number of aryl methyl sites for hydroxylation is 2. The van der Waals surface area contributed by atoms with Gasteiger partial charge < -0.3 is 15.4 Å². The highest BCUT2D eigenvalue weighted by Crippen LogP contribution is 2.23. The molecule has 154 valence electrons. The largest absolute Gasteiger partial charge is 0.484 e. The molecule has 0 aliphatic carbocycles. The lowest BCUT2D eigenvalue weighted by Gasteiger charge is -2.10. The van der Waals surface area contributed by atoms with Gasteiger partial charge in [-0.3, -0.25) is 9.59 Å². The van der Waals surface area contributed by atoms with E-state index in [0.29, 0.717) is 11.4 Å². The molecule has 0 heterocycles. The smallest absolute Gasteiger partial charge is 0.262 e. The summed E-state index contributed by atoms with van der Waals surface area (Å²) >= 11 is 1.41. The summed E-state index contributed by atoms with van der Waals surface area (Å²) in [6, 6.07) is 22.5.